The maximum absolute atomic E-state index is 10.6. The van der Waals surface area contributed by atoms with Crippen LogP contribution < -0.4 is 0 Å². The molecular formula is C5H4ClNO2. The highest BCUT2D eigenvalue weighted by Crippen LogP contribution is 2.12. The lowest BCUT2D eigenvalue weighted by Gasteiger charge is -2.28. The fourth-order valence-electron chi connectivity index (χ4n) is 0.602. The smallest absolute Gasteiger partial charge is 0.264 e. The lowest BCUT2D eigenvalue weighted by molar-refractivity contribution is -0.131. The first-order chi connectivity index (χ1) is 4.29. The minimum atomic E-state index is -0.292. The zero-order valence-corrected chi connectivity index (χ0v) is 5.31. The summed E-state index contributed by atoms with van der Waals surface area (Å²) in [5.74, 6) is 1.24. The van der Waals surface area contributed by atoms with Gasteiger partial charge in [-0.1, -0.05) is 0 Å². The molecular weight excluding hydrogens is 142 g/mol. The van der Waals surface area contributed by atoms with E-state index >= 15 is 0 Å². The second-order valence-electron chi connectivity index (χ2n) is 1.70. The number of amides is 1. The predicted octanol–water partition coefficient (Wildman–Crippen LogP) is -0.217. The Kier molecular flexibility index (Phi) is 1.56. The fraction of sp³-hybridized carbons (Fsp3) is 0.400. The third kappa shape index (κ3) is 0.846. The molecule has 48 valence electrons. The van der Waals surface area contributed by atoms with Crippen LogP contribution in [-0.2, 0) is 9.59 Å². The van der Waals surface area contributed by atoms with Crippen molar-refractivity contribution in [1.29, 1.82) is 0 Å². The molecule has 0 unspecified atom stereocenters. The SMILES string of the molecule is O=C=C1CN(CCl)C1=O. The van der Waals surface area contributed by atoms with Crippen LogP contribution in [0.2, 0.25) is 0 Å². The Morgan fingerprint density at radius 1 is 1.78 bits per heavy atom. The molecule has 1 saturated heterocycles. The average Bonchev–Trinajstić information content (AvgIpc) is 1.87. The normalized spacial score (nSPS) is 17.2. The van der Waals surface area contributed by atoms with E-state index in [1.165, 1.54) is 10.8 Å². The summed E-state index contributed by atoms with van der Waals surface area (Å²) in [5.41, 5.74) is 0.190. The van der Waals surface area contributed by atoms with Crippen LogP contribution in [0.1, 0.15) is 0 Å². The van der Waals surface area contributed by atoms with Crippen molar-refractivity contribution in [3.05, 3.63) is 5.57 Å². The van der Waals surface area contributed by atoms with Crippen LogP contribution >= 0.6 is 11.6 Å². The zero-order valence-electron chi connectivity index (χ0n) is 4.56. The molecule has 3 nitrogen and oxygen atoms in total. The maximum Gasteiger partial charge on any atom is 0.264 e. The first kappa shape index (κ1) is 6.33. The first-order valence-corrected chi connectivity index (χ1v) is 2.92. The van der Waals surface area contributed by atoms with Crippen LogP contribution in [0.25, 0.3) is 0 Å². The molecule has 0 aromatic carbocycles. The number of hydrogen-bond donors (Lipinski definition) is 0. The molecule has 0 bridgehead atoms. The molecule has 0 saturated carbocycles. The number of alkyl halides is 1. The second kappa shape index (κ2) is 2.21. The number of rotatable bonds is 1. The highest BCUT2D eigenvalue weighted by Gasteiger charge is 2.30. The molecule has 4 heteroatoms. The van der Waals surface area contributed by atoms with Gasteiger partial charge in [0.25, 0.3) is 5.91 Å². The van der Waals surface area contributed by atoms with Crippen molar-refractivity contribution in [1.82, 2.24) is 4.90 Å². The molecule has 1 aliphatic rings. The van der Waals surface area contributed by atoms with Gasteiger partial charge in [-0.05, 0) is 0 Å². The van der Waals surface area contributed by atoms with E-state index in [-0.39, 0.29) is 17.5 Å². The van der Waals surface area contributed by atoms with Crippen molar-refractivity contribution in [2.24, 2.45) is 0 Å². The molecule has 0 atom stereocenters. The molecule has 0 spiro atoms. The van der Waals surface area contributed by atoms with Crippen molar-refractivity contribution in [3.8, 4) is 0 Å². The summed E-state index contributed by atoms with van der Waals surface area (Å²) in [6.45, 7) is 0.353. The Bertz CT molecular complexity index is 195. The van der Waals surface area contributed by atoms with Gasteiger partial charge in [-0.3, -0.25) is 4.79 Å². The summed E-state index contributed by atoms with van der Waals surface area (Å²) in [6, 6.07) is 0.157. The van der Waals surface area contributed by atoms with E-state index in [0.717, 1.165) is 0 Å². The Hall–Kier alpha value is -0.790. The molecule has 1 heterocycles. The van der Waals surface area contributed by atoms with Gasteiger partial charge in [-0.15, -0.1) is 11.6 Å². The molecule has 0 radical (unpaired) electrons. The summed E-state index contributed by atoms with van der Waals surface area (Å²) in [4.78, 5) is 21.7. The van der Waals surface area contributed by atoms with E-state index in [1.807, 2.05) is 0 Å². The summed E-state index contributed by atoms with van der Waals surface area (Å²) in [6.07, 6.45) is 0. The number of carbonyl (C=O) groups excluding carboxylic acids is 2. The number of halogens is 1. The van der Waals surface area contributed by atoms with E-state index in [0.29, 0.717) is 6.54 Å². The molecule has 1 rings (SSSR count). The van der Waals surface area contributed by atoms with E-state index in [9.17, 15) is 9.59 Å². The highest BCUT2D eigenvalue weighted by molar-refractivity contribution is 6.20. The second-order valence-corrected chi connectivity index (χ2v) is 1.94. The summed E-state index contributed by atoms with van der Waals surface area (Å²) < 4.78 is 0. The van der Waals surface area contributed by atoms with E-state index in [1.54, 1.807) is 0 Å². The summed E-state index contributed by atoms with van der Waals surface area (Å²) in [7, 11) is 0. The predicted molar refractivity (Wildman–Crippen MR) is 31.6 cm³/mol. The molecule has 1 aliphatic heterocycles. The monoisotopic (exact) mass is 145 g/mol. The molecule has 0 aliphatic carbocycles. The minimum Gasteiger partial charge on any atom is -0.319 e. The molecule has 9 heavy (non-hydrogen) atoms. The van der Waals surface area contributed by atoms with Gasteiger partial charge in [0.1, 0.15) is 11.5 Å². The average molecular weight is 146 g/mol. The van der Waals surface area contributed by atoms with Crippen LogP contribution in [0, 0.1) is 0 Å². The molecule has 0 N–H and O–H groups in total. The van der Waals surface area contributed by atoms with Crippen LogP contribution in [-0.4, -0.2) is 29.3 Å². The van der Waals surface area contributed by atoms with Gasteiger partial charge < -0.3 is 4.90 Å². The number of nitrogens with zero attached hydrogens (tertiary/aromatic N) is 1. The van der Waals surface area contributed by atoms with Crippen LogP contribution in [0.4, 0.5) is 0 Å². The van der Waals surface area contributed by atoms with Crippen molar-refractivity contribution < 1.29 is 9.59 Å². The summed E-state index contributed by atoms with van der Waals surface area (Å²) >= 11 is 5.28. The Morgan fingerprint density at radius 2 is 2.44 bits per heavy atom. The third-order valence-electron chi connectivity index (χ3n) is 1.16. The molecule has 0 aromatic heterocycles. The number of β-lactam (4-membered cyclic amide) rings is 1. The van der Waals surface area contributed by atoms with Gasteiger partial charge in [-0.2, -0.15) is 0 Å². The minimum absolute atomic E-state index is 0.157. The van der Waals surface area contributed by atoms with Gasteiger partial charge in [0.05, 0.1) is 12.5 Å². The van der Waals surface area contributed by atoms with Crippen LogP contribution in [0.15, 0.2) is 5.57 Å². The van der Waals surface area contributed by atoms with Crippen molar-refractivity contribution in [2.75, 3.05) is 12.5 Å². The van der Waals surface area contributed by atoms with Crippen molar-refractivity contribution in [3.63, 3.8) is 0 Å². The fourth-order valence-corrected chi connectivity index (χ4v) is 0.795. The Labute approximate surface area is 56.9 Å². The molecule has 1 fully saturated rings. The quantitative estimate of drug-likeness (QED) is 0.168. The van der Waals surface area contributed by atoms with Gasteiger partial charge >= 0.3 is 0 Å². The topological polar surface area (TPSA) is 37.4 Å². The Balaban J connectivity index is 2.62. The lowest BCUT2D eigenvalue weighted by Crippen LogP contribution is -2.45. The van der Waals surface area contributed by atoms with Crippen molar-refractivity contribution >= 4 is 23.4 Å². The molecule has 1 amide bonds. The van der Waals surface area contributed by atoms with Crippen molar-refractivity contribution in [2.45, 2.75) is 0 Å². The maximum atomic E-state index is 10.6. The third-order valence-corrected chi connectivity index (χ3v) is 1.45. The van der Waals surface area contributed by atoms with Crippen LogP contribution in [0.3, 0.4) is 0 Å². The van der Waals surface area contributed by atoms with Gasteiger partial charge in [-0.25, -0.2) is 4.79 Å². The van der Waals surface area contributed by atoms with Crippen LogP contribution in [0.5, 0.6) is 0 Å². The van der Waals surface area contributed by atoms with E-state index < -0.39 is 0 Å². The highest BCUT2D eigenvalue weighted by atomic mass is 35.5. The summed E-state index contributed by atoms with van der Waals surface area (Å²) in [5, 5.41) is 0. The Morgan fingerprint density at radius 3 is 2.78 bits per heavy atom. The zero-order chi connectivity index (χ0) is 6.85. The number of carbonyl (C=O) groups is 1. The largest absolute Gasteiger partial charge is 0.319 e. The van der Waals surface area contributed by atoms with Gasteiger partial charge in [0.15, 0.2) is 0 Å². The van der Waals surface area contributed by atoms with Gasteiger partial charge in [0, 0.05) is 0 Å². The van der Waals surface area contributed by atoms with Gasteiger partial charge in [0.2, 0.25) is 0 Å². The molecule has 0 aromatic rings. The van der Waals surface area contributed by atoms with E-state index in [2.05, 4.69) is 0 Å². The van der Waals surface area contributed by atoms with E-state index in [4.69, 9.17) is 11.6 Å². The standard InChI is InChI=1S/C5H4ClNO2/c6-3-7-1-4(2-8)5(7)9/h1,3H2. The lowest BCUT2D eigenvalue weighted by atomic mass is 10.1. The number of likely N-dealkylation sites (tertiary alicyclic amines) is 1. The number of hydrogen-bond acceptors (Lipinski definition) is 2. The first-order valence-electron chi connectivity index (χ1n) is 2.39.